The number of fused-ring (bicyclic) bond motifs is 1. The van der Waals surface area contributed by atoms with Crippen LogP contribution in [0.4, 0.5) is 0 Å². The Balaban J connectivity index is 1.72. The highest BCUT2D eigenvalue weighted by Gasteiger charge is 2.49. The number of amides is 2. The molecule has 0 unspecified atom stereocenters. The van der Waals surface area contributed by atoms with Crippen molar-refractivity contribution < 1.29 is 18.8 Å². The SMILES string of the molecule is CC(C)C[C@@H]1C(=O)N[C@H](C2Cc3ccccc3C2)C(=O)N1[C@@H](C(=O)CC(C)(C)C)c1ccoc1. The molecule has 0 bridgehead atoms. The molecule has 1 saturated heterocycles. The van der Waals surface area contributed by atoms with Crippen LogP contribution >= 0.6 is 0 Å². The van der Waals surface area contributed by atoms with Gasteiger partial charge in [0.15, 0.2) is 5.78 Å². The van der Waals surface area contributed by atoms with Gasteiger partial charge in [0.1, 0.15) is 18.1 Å². The van der Waals surface area contributed by atoms with Gasteiger partial charge in [-0.3, -0.25) is 14.4 Å². The van der Waals surface area contributed by atoms with Crippen LogP contribution in [-0.4, -0.2) is 34.6 Å². The maximum atomic E-state index is 14.1. The summed E-state index contributed by atoms with van der Waals surface area (Å²) in [6.07, 6.45) is 5.31. The van der Waals surface area contributed by atoms with Gasteiger partial charge in [-0.1, -0.05) is 58.9 Å². The monoisotopic (exact) mass is 464 g/mol. The Hall–Kier alpha value is -2.89. The molecule has 3 atom stereocenters. The number of nitrogens with zero attached hydrogens (tertiary/aromatic N) is 1. The Bertz CT molecular complexity index is 1030. The summed E-state index contributed by atoms with van der Waals surface area (Å²) in [4.78, 5) is 42.9. The molecule has 1 aliphatic carbocycles. The van der Waals surface area contributed by atoms with Gasteiger partial charge in [-0.25, -0.2) is 0 Å². The summed E-state index contributed by atoms with van der Waals surface area (Å²) >= 11 is 0. The molecule has 4 rings (SSSR count). The lowest BCUT2D eigenvalue weighted by Crippen LogP contribution is -2.66. The summed E-state index contributed by atoms with van der Waals surface area (Å²) in [5.41, 5.74) is 2.82. The van der Waals surface area contributed by atoms with Crippen LogP contribution in [0.5, 0.6) is 0 Å². The Morgan fingerprint density at radius 2 is 1.76 bits per heavy atom. The number of piperazine rings is 1. The molecule has 0 radical (unpaired) electrons. The first-order chi connectivity index (χ1) is 16.0. The number of nitrogens with one attached hydrogen (secondary N) is 1. The molecule has 34 heavy (non-hydrogen) atoms. The summed E-state index contributed by atoms with van der Waals surface area (Å²) in [5.74, 6) is -0.262. The van der Waals surface area contributed by atoms with Gasteiger partial charge >= 0.3 is 0 Å². The van der Waals surface area contributed by atoms with Crippen molar-refractivity contribution in [2.45, 2.75) is 78.4 Å². The molecule has 2 aliphatic rings. The van der Waals surface area contributed by atoms with Crippen LogP contribution in [0, 0.1) is 17.3 Å². The summed E-state index contributed by atoms with van der Waals surface area (Å²) in [7, 11) is 0. The number of hydrogen-bond acceptors (Lipinski definition) is 4. The predicted molar refractivity (Wildman–Crippen MR) is 130 cm³/mol. The van der Waals surface area contributed by atoms with E-state index < -0.39 is 18.1 Å². The topological polar surface area (TPSA) is 79.6 Å². The third-order valence-electron chi connectivity index (χ3n) is 6.85. The number of Topliss-reactive ketones (excluding diaryl/α,β-unsaturated/α-hetero) is 1. The predicted octanol–water partition coefficient (Wildman–Crippen LogP) is 4.48. The van der Waals surface area contributed by atoms with E-state index in [0.29, 0.717) is 18.4 Å². The van der Waals surface area contributed by atoms with Crippen LogP contribution < -0.4 is 5.32 Å². The van der Waals surface area contributed by atoms with Gasteiger partial charge in [-0.15, -0.1) is 0 Å². The van der Waals surface area contributed by atoms with Crippen LogP contribution in [0.1, 0.15) is 70.2 Å². The average Bonchev–Trinajstić information content (AvgIpc) is 3.41. The molecular formula is C28H36N2O4. The fourth-order valence-electron chi connectivity index (χ4n) is 5.43. The van der Waals surface area contributed by atoms with Crippen LogP contribution in [0.2, 0.25) is 0 Å². The van der Waals surface area contributed by atoms with Crippen molar-refractivity contribution in [1.82, 2.24) is 10.2 Å². The highest BCUT2D eigenvalue weighted by Crippen LogP contribution is 2.37. The second kappa shape index (κ2) is 9.40. The van der Waals surface area contributed by atoms with Crippen LogP contribution in [0.3, 0.4) is 0 Å². The Labute approximate surface area is 202 Å². The van der Waals surface area contributed by atoms with Crippen molar-refractivity contribution in [3.05, 3.63) is 59.5 Å². The summed E-state index contributed by atoms with van der Waals surface area (Å²) in [5, 5.41) is 3.05. The minimum atomic E-state index is -0.841. The minimum absolute atomic E-state index is 0.0286. The molecule has 1 aromatic carbocycles. The summed E-state index contributed by atoms with van der Waals surface area (Å²) in [6, 6.07) is 7.73. The van der Waals surface area contributed by atoms with E-state index in [1.165, 1.54) is 23.7 Å². The lowest BCUT2D eigenvalue weighted by molar-refractivity contribution is -0.157. The smallest absolute Gasteiger partial charge is 0.247 e. The highest BCUT2D eigenvalue weighted by molar-refractivity contribution is 6.00. The molecule has 2 amide bonds. The number of rotatable bonds is 7. The molecule has 182 valence electrons. The maximum Gasteiger partial charge on any atom is 0.247 e. The third-order valence-corrected chi connectivity index (χ3v) is 6.85. The van der Waals surface area contributed by atoms with E-state index in [4.69, 9.17) is 4.42 Å². The molecule has 2 aromatic rings. The van der Waals surface area contributed by atoms with E-state index in [1.54, 1.807) is 11.0 Å². The average molecular weight is 465 g/mol. The van der Waals surface area contributed by atoms with E-state index in [-0.39, 0.29) is 34.8 Å². The third kappa shape index (κ3) is 4.96. The summed E-state index contributed by atoms with van der Waals surface area (Å²) < 4.78 is 5.32. The van der Waals surface area contributed by atoms with E-state index in [2.05, 4.69) is 17.4 Å². The molecule has 2 heterocycles. The van der Waals surface area contributed by atoms with Crippen molar-refractivity contribution in [3.8, 4) is 0 Å². The van der Waals surface area contributed by atoms with Gasteiger partial charge in [0, 0.05) is 12.0 Å². The van der Waals surface area contributed by atoms with Crippen LogP contribution in [0.15, 0.2) is 47.3 Å². The Kier molecular flexibility index (Phi) is 6.70. The second-order valence-corrected chi connectivity index (χ2v) is 11.5. The number of furan rings is 1. The zero-order valence-electron chi connectivity index (χ0n) is 20.8. The first-order valence-corrected chi connectivity index (χ1v) is 12.3. The van der Waals surface area contributed by atoms with Gasteiger partial charge in [0.05, 0.1) is 12.5 Å². The normalized spacial score (nSPS) is 22.1. The van der Waals surface area contributed by atoms with E-state index >= 15 is 0 Å². The van der Waals surface area contributed by atoms with Gasteiger partial charge in [0.25, 0.3) is 0 Å². The van der Waals surface area contributed by atoms with Gasteiger partial charge in [0.2, 0.25) is 11.8 Å². The Morgan fingerprint density at radius 1 is 1.12 bits per heavy atom. The highest BCUT2D eigenvalue weighted by atomic mass is 16.3. The quantitative estimate of drug-likeness (QED) is 0.655. The van der Waals surface area contributed by atoms with Gasteiger partial charge in [-0.2, -0.15) is 0 Å². The van der Waals surface area contributed by atoms with E-state index in [0.717, 1.165) is 12.8 Å². The van der Waals surface area contributed by atoms with Crippen molar-refractivity contribution in [2.75, 3.05) is 0 Å². The molecule has 0 spiro atoms. The molecular weight excluding hydrogens is 428 g/mol. The number of benzene rings is 1. The zero-order chi connectivity index (χ0) is 24.6. The molecule has 1 aliphatic heterocycles. The standard InChI is InChI=1S/C28H36N2O4/c1-17(2)12-22-26(32)29-24(21-13-18-8-6-7-9-19(18)14-21)27(33)30(22)25(20-10-11-34-16-20)23(31)15-28(3,4)5/h6-11,16-17,21-22,24-25H,12-15H2,1-5H3,(H,29,32)/t22-,24-,25-/m1/s1. The molecule has 6 nitrogen and oxygen atoms in total. The fraction of sp³-hybridized carbons (Fsp3) is 0.536. The van der Waals surface area contributed by atoms with Crippen LogP contribution in [-0.2, 0) is 27.2 Å². The summed E-state index contributed by atoms with van der Waals surface area (Å²) in [6.45, 7) is 10.1. The first kappa shape index (κ1) is 24.2. The number of carbonyl (C=O) groups excluding carboxylic acids is 3. The van der Waals surface area contributed by atoms with Crippen molar-refractivity contribution >= 4 is 17.6 Å². The number of ketones is 1. The van der Waals surface area contributed by atoms with Crippen LogP contribution in [0.25, 0.3) is 0 Å². The number of hydrogen-bond donors (Lipinski definition) is 1. The Morgan fingerprint density at radius 3 is 2.29 bits per heavy atom. The lowest BCUT2D eigenvalue weighted by Gasteiger charge is -2.45. The largest absolute Gasteiger partial charge is 0.472 e. The molecule has 6 heteroatoms. The van der Waals surface area contributed by atoms with Crippen molar-refractivity contribution in [3.63, 3.8) is 0 Å². The van der Waals surface area contributed by atoms with Gasteiger partial charge in [-0.05, 0) is 53.7 Å². The fourth-order valence-corrected chi connectivity index (χ4v) is 5.43. The van der Waals surface area contributed by atoms with Crippen molar-refractivity contribution in [2.24, 2.45) is 17.3 Å². The first-order valence-electron chi connectivity index (χ1n) is 12.3. The molecule has 0 saturated carbocycles. The zero-order valence-corrected chi connectivity index (χ0v) is 20.8. The lowest BCUT2D eigenvalue weighted by atomic mass is 9.83. The second-order valence-electron chi connectivity index (χ2n) is 11.5. The molecule has 1 N–H and O–H groups in total. The van der Waals surface area contributed by atoms with Crippen molar-refractivity contribution in [1.29, 1.82) is 0 Å². The van der Waals surface area contributed by atoms with Gasteiger partial charge < -0.3 is 14.6 Å². The van der Waals surface area contributed by atoms with E-state index in [9.17, 15) is 14.4 Å². The molecule has 1 aromatic heterocycles. The van der Waals surface area contributed by atoms with E-state index in [1.807, 2.05) is 46.8 Å². The maximum absolute atomic E-state index is 14.1. The minimum Gasteiger partial charge on any atom is -0.472 e. The number of carbonyl (C=O) groups is 3. The molecule has 1 fully saturated rings.